The van der Waals surface area contributed by atoms with E-state index >= 15 is 0 Å². The van der Waals surface area contributed by atoms with Crippen LogP contribution >= 0.6 is 0 Å². The minimum absolute atomic E-state index is 0.142. The van der Waals surface area contributed by atoms with Gasteiger partial charge in [0.05, 0.1) is 19.8 Å². The Morgan fingerprint density at radius 3 is 1.61 bits per heavy atom. The quantitative estimate of drug-likeness (QED) is 0.790. The van der Waals surface area contributed by atoms with Crippen molar-refractivity contribution < 1.29 is 14.2 Å². The van der Waals surface area contributed by atoms with E-state index in [0.29, 0.717) is 0 Å². The van der Waals surface area contributed by atoms with Crippen molar-refractivity contribution in [1.82, 2.24) is 0 Å². The van der Waals surface area contributed by atoms with Gasteiger partial charge in [0.1, 0.15) is 17.1 Å². The lowest BCUT2D eigenvalue weighted by molar-refractivity contribution is 0.263. The second-order valence-corrected chi connectivity index (χ2v) is 7.20. The molecule has 2 aromatic rings. The zero-order valence-electron chi connectivity index (χ0n) is 13.8. The molecule has 1 heterocycles. The molecule has 1 aliphatic heterocycles. The normalized spacial score (nSPS) is 31.0. The summed E-state index contributed by atoms with van der Waals surface area (Å²) in [5.74, 6) is 2.32. The molecule has 2 aliphatic carbocycles. The van der Waals surface area contributed by atoms with Crippen molar-refractivity contribution in [3.05, 3.63) is 58.7 Å². The summed E-state index contributed by atoms with van der Waals surface area (Å²) in [6.45, 7) is 4.40. The van der Waals surface area contributed by atoms with Gasteiger partial charge in [0.2, 0.25) is 0 Å². The van der Waals surface area contributed by atoms with Crippen molar-refractivity contribution in [2.45, 2.75) is 36.9 Å². The lowest BCUT2D eigenvalue weighted by Gasteiger charge is -2.22. The standard InChI is InChI=1S/C20H20O3/c1-19(2)20(23-19)17-11-7-5-6-8-12(11)18(20)16-14(22-4)10-9-13(21-3)15(16)17/h5-10,17-18H,1-4H3/t17-,18+,20?. The van der Waals surface area contributed by atoms with E-state index in [9.17, 15) is 0 Å². The van der Waals surface area contributed by atoms with E-state index in [2.05, 4.69) is 38.1 Å². The van der Waals surface area contributed by atoms with Gasteiger partial charge in [0, 0.05) is 23.0 Å². The minimum Gasteiger partial charge on any atom is -0.496 e. The molecular weight excluding hydrogens is 288 g/mol. The van der Waals surface area contributed by atoms with Gasteiger partial charge in [-0.2, -0.15) is 0 Å². The molecule has 1 saturated heterocycles. The number of rotatable bonds is 2. The summed E-state index contributed by atoms with van der Waals surface area (Å²) in [6, 6.07) is 12.8. The molecule has 3 aliphatic rings. The predicted octanol–water partition coefficient (Wildman–Crippen LogP) is 3.84. The first-order valence-electron chi connectivity index (χ1n) is 8.10. The van der Waals surface area contributed by atoms with Gasteiger partial charge in [0.25, 0.3) is 0 Å². The van der Waals surface area contributed by atoms with Crippen LogP contribution in [0.2, 0.25) is 0 Å². The molecule has 5 rings (SSSR count). The highest BCUT2D eigenvalue weighted by molar-refractivity contribution is 5.73. The summed E-state index contributed by atoms with van der Waals surface area (Å²) in [5.41, 5.74) is 4.92. The number of ether oxygens (including phenoxy) is 3. The van der Waals surface area contributed by atoms with Crippen molar-refractivity contribution >= 4 is 0 Å². The molecule has 118 valence electrons. The third-order valence-corrected chi connectivity index (χ3v) is 6.02. The molecule has 0 N–H and O–H groups in total. The highest BCUT2D eigenvalue weighted by Crippen LogP contribution is 2.77. The zero-order chi connectivity index (χ0) is 16.0. The van der Waals surface area contributed by atoms with Crippen LogP contribution in [-0.2, 0) is 4.74 Å². The molecule has 23 heavy (non-hydrogen) atoms. The van der Waals surface area contributed by atoms with E-state index in [4.69, 9.17) is 14.2 Å². The predicted molar refractivity (Wildman–Crippen MR) is 87.6 cm³/mol. The third-order valence-electron chi connectivity index (χ3n) is 6.02. The molecule has 3 heteroatoms. The third kappa shape index (κ3) is 1.29. The maximum Gasteiger partial charge on any atom is 0.123 e. The average Bonchev–Trinajstić information content (AvgIpc) is 2.88. The van der Waals surface area contributed by atoms with Gasteiger partial charge in [-0.05, 0) is 37.1 Å². The second-order valence-electron chi connectivity index (χ2n) is 7.20. The molecule has 0 saturated carbocycles. The fourth-order valence-electron chi connectivity index (χ4n) is 5.16. The molecule has 0 aromatic heterocycles. The maximum atomic E-state index is 6.39. The Morgan fingerprint density at radius 1 is 0.826 bits per heavy atom. The summed E-state index contributed by atoms with van der Waals surface area (Å²) in [4.78, 5) is 0. The number of methoxy groups -OCH3 is 2. The van der Waals surface area contributed by atoms with Crippen molar-refractivity contribution in [1.29, 1.82) is 0 Å². The summed E-state index contributed by atoms with van der Waals surface area (Å²) < 4.78 is 17.8. The highest BCUT2D eigenvalue weighted by Gasteiger charge is 2.79. The Labute approximate surface area is 136 Å². The van der Waals surface area contributed by atoms with Crippen molar-refractivity contribution in [3.63, 3.8) is 0 Å². The van der Waals surface area contributed by atoms with Gasteiger partial charge in [-0.3, -0.25) is 0 Å². The summed E-state index contributed by atoms with van der Waals surface area (Å²) in [6.07, 6.45) is 0. The molecule has 2 aromatic carbocycles. The SMILES string of the molecule is COc1ccc(OC)c2c1[C@H]1c3ccccc3[C@@H]2C12OC2(C)C. The van der Waals surface area contributed by atoms with Crippen LogP contribution in [0.5, 0.6) is 11.5 Å². The van der Waals surface area contributed by atoms with Crippen LogP contribution in [0.4, 0.5) is 0 Å². The first-order chi connectivity index (χ1) is 11.1. The van der Waals surface area contributed by atoms with E-state index in [1.54, 1.807) is 14.2 Å². The highest BCUT2D eigenvalue weighted by atomic mass is 16.6. The fraction of sp³-hybridized carbons (Fsp3) is 0.400. The topological polar surface area (TPSA) is 31.0 Å². The van der Waals surface area contributed by atoms with E-state index < -0.39 is 0 Å². The summed E-state index contributed by atoms with van der Waals surface area (Å²) >= 11 is 0. The Kier molecular flexibility index (Phi) is 2.28. The Hall–Kier alpha value is -2.00. The van der Waals surface area contributed by atoms with Crippen molar-refractivity contribution in [2.75, 3.05) is 14.2 Å². The van der Waals surface area contributed by atoms with Gasteiger partial charge in [-0.15, -0.1) is 0 Å². The molecule has 1 spiro atoms. The summed E-state index contributed by atoms with van der Waals surface area (Å²) in [5, 5.41) is 0. The van der Waals surface area contributed by atoms with Gasteiger partial charge < -0.3 is 14.2 Å². The Balaban J connectivity index is 1.87. The van der Waals surface area contributed by atoms with E-state index in [1.165, 1.54) is 22.3 Å². The van der Waals surface area contributed by atoms with Crippen LogP contribution in [0.1, 0.15) is 47.9 Å². The smallest absolute Gasteiger partial charge is 0.123 e. The molecular formula is C20H20O3. The lowest BCUT2D eigenvalue weighted by atomic mass is 9.82. The second kappa shape index (κ2) is 3.90. The molecule has 3 nitrogen and oxygen atoms in total. The molecule has 3 atom stereocenters. The zero-order valence-corrected chi connectivity index (χ0v) is 13.8. The minimum atomic E-state index is -0.194. The maximum absolute atomic E-state index is 6.39. The van der Waals surface area contributed by atoms with Crippen LogP contribution < -0.4 is 9.47 Å². The average molecular weight is 308 g/mol. The number of benzene rings is 2. The van der Waals surface area contributed by atoms with Crippen LogP contribution in [0.25, 0.3) is 0 Å². The first kappa shape index (κ1) is 13.4. The number of fused-ring (bicyclic) bond motifs is 6. The lowest BCUT2D eigenvalue weighted by Crippen LogP contribution is -2.25. The van der Waals surface area contributed by atoms with Crippen LogP contribution in [0.15, 0.2) is 36.4 Å². The molecule has 1 unspecified atom stereocenters. The first-order valence-corrected chi connectivity index (χ1v) is 8.10. The van der Waals surface area contributed by atoms with E-state index in [1.807, 2.05) is 12.1 Å². The van der Waals surface area contributed by atoms with Gasteiger partial charge >= 0.3 is 0 Å². The number of hydrogen-bond donors (Lipinski definition) is 0. The Morgan fingerprint density at radius 2 is 1.26 bits per heavy atom. The van der Waals surface area contributed by atoms with E-state index in [-0.39, 0.29) is 23.0 Å². The fourth-order valence-corrected chi connectivity index (χ4v) is 5.16. The number of hydrogen-bond acceptors (Lipinski definition) is 3. The molecule has 1 fully saturated rings. The van der Waals surface area contributed by atoms with Crippen LogP contribution in [-0.4, -0.2) is 25.4 Å². The molecule has 0 amide bonds. The van der Waals surface area contributed by atoms with Crippen molar-refractivity contribution in [2.24, 2.45) is 0 Å². The Bertz CT molecular complexity index is 779. The van der Waals surface area contributed by atoms with Gasteiger partial charge in [-0.25, -0.2) is 0 Å². The molecule has 2 bridgehead atoms. The van der Waals surface area contributed by atoms with Gasteiger partial charge in [-0.1, -0.05) is 24.3 Å². The van der Waals surface area contributed by atoms with Crippen LogP contribution in [0, 0.1) is 0 Å². The number of epoxide rings is 1. The summed E-state index contributed by atoms with van der Waals surface area (Å²) in [7, 11) is 3.48. The van der Waals surface area contributed by atoms with E-state index in [0.717, 1.165) is 11.5 Å². The molecule has 0 radical (unpaired) electrons. The van der Waals surface area contributed by atoms with Crippen molar-refractivity contribution in [3.8, 4) is 11.5 Å². The largest absolute Gasteiger partial charge is 0.496 e. The monoisotopic (exact) mass is 308 g/mol. The van der Waals surface area contributed by atoms with Crippen LogP contribution in [0.3, 0.4) is 0 Å². The van der Waals surface area contributed by atoms with Gasteiger partial charge in [0.15, 0.2) is 0 Å².